The molecule has 6 heteroatoms. The van der Waals surface area contributed by atoms with Crippen LogP contribution >= 0.6 is 0 Å². The largest absolute Gasteiger partial charge is 0.355 e. The van der Waals surface area contributed by atoms with Crippen molar-refractivity contribution in [3.63, 3.8) is 0 Å². The van der Waals surface area contributed by atoms with Gasteiger partial charge < -0.3 is 9.69 Å². The van der Waals surface area contributed by atoms with Gasteiger partial charge in [-0.05, 0) is 42.7 Å². The summed E-state index contributed by atoms with van der Waals surface area (Å²) in [4.78, 5) is 23.8. The minimum atomic E-state index is -0.565. The van der Waals surface area contributed by atoms with Crippen LogP contribution in [0.1, 0.15) is 18.4 Å². The average Bonchev–Trinajstić information content (AvgIpc) is 3.35. The first-order chi connectivity index (χ1) is 11.0. The van der Waals surface area contributed by atoms with Crippen LogP contribution in [0.4, 0.5) is 15.8 Å². The highest BCUT2D eigenvalue weighted by molar-refractivity contribution is 5.76. The van der Waals surface area contributed by atoms with Gasteiger partial charge in [0.15, 0.2) is 0 Å². The van der Waals surface area contributed by atoms with E-state index in [9.17, 15) is 19.3 Å². The maximum absolute atomic E-state index is 13.0. The molecule has 1 saturated carbocycles. The SMILES string of the molecule is O=CC1(N(Cc2ccc(F)cc2)c2ccc([N+](=O)[O-])cc2)CC1. The number of halogens is 1. The highest BCUT2D eigenvalue weighted by Crippen LogP contribution is 2.43. The zero-order chi connectivity index (χ0) is 16.4. The monoisotopic (exact) mass is 314 g/mol. The second kappa shape index (κ2) is 5.79. The Balaban J connectivity index is 1.91. The Morgan fingerprint density at radius 1 is 1.13 bits per heavy atom. The van der Waals surface area contributed by atoms with Crippen LogP contribution in [0.25, 0.3) is 0 Å². The summed E-state index contributed by atoms with van der Waals surface area (Å²) in [6.45, 7) is 0.441. The maximum Gasteiger partial charge on any atom is 0.269 e. The Morgan fingerprint density at radius 3 is 2.22 bits per heavy atom. The number of nitro benzene ring substituents is 1. The van der Waals surface area contributed by atoms with Crippen molar-refractivity contribution in [2.45, 2.75) is 24.9 Å². The molecular weight excluding hydrogens is 299 g/mol. The summed E-state index contributed by atoms with van der Waals surface area (Å²) in [5.74, 6) is -0.313. The number of hydrogen-bond donors (Lipinski definition) is 0. The van der Waals surface area contributed by atoms with Crippen LogP contribution in [-0.4, -0.2) is 16.7 Å². The van der Waals surface area contributed by atoms with Crippen molar-refractivity contribution in [2.75, 3.05) is 4.90 Å². The van der Waals surface area contributed by atoms with Gasteiger partial charge in [0.05, 0.1) is 10.5 Å². The van der Waals surface area contributed by atoms with Crippen molar-refractivity contribution in [1.29, 1.82) is 0 Å². The molecule has 0 aliphatic heterocycles. The van der Waals surface area contributed by atoms with E-state index in [0.29, 0.717) is 6.54 Å². The Kier molecular flexibility index (Phi) is 3.82. The van der Waals surface area contributed by atoms with E-state index >= 15 is 0 Å². The molecule has 0 aromatic heterocycles. The zero-order valence-corrected chi connectivity index (χ0v) is 12.3. The molecule has 118 valence electrons. The molecule has 0 saturated heterocycles. The number of carbonyl (C=O) groups is 1. The first kappa shape index (κ1) is 15.1. The Morgan fingerprint density at radius 2 is 1.74 bits per heavy atom. The van der Waals surface area contributed by atoms with Crippen LogP contribution in [0.3, 0.4) is 0 Å². The summed E-state index contributed by atoms with van der Waals surface area (Å²) >= 11 is 0. The van der Waals surface area contributed by atoms with Gasteiger partial charge in [-0.2, -0.15) is 0 Å². The predicted molar refractivity (Wildman–Crippen MR) is 83.7 cm³/mol. The van der Waals surface area contributed by atoms with Crippen LogP contribution in [0.15, 0.2) is 48.5 Å². The standard InChI is InChI=1S/C17H15FN2O3/c18-14-3-1-13(2-4-14)11-19(17(12-21)9-10-17)15-5-7-16(8-6-15)20(22)23/h1-8,12H,9-11H2. The van der Waals surface area contributed by atoms with Gasteiger partial charge in [0, 0.05) is 24.4 Å². The van der Waals surface area contributed by atoms with Crippen molar-refractivity contribution in [1.82, 2.24) is 0 Å². The van der Waals surface area contributed by atoms with E-state index in [1.54, 1.807) is 24.3 Å². The van der Waals surface area contributed by atoms with Crippen molar-refractivity contribution < 1.29 is 14.1 Å². The van der Waals surface area contributed by atoms with E-state index in [-0.39, 0.29) is 11.5 Å². The molecule has 0 atom stereocenters. The summed E-state index contributed by atoms with van der Waals surface area (Å²) in [6.07, 6.45) is 2.42. The minimum absolute atomic E-state index is 0.00596. The Bertz CT molecular complexity index is 725. The summed E-state index contributed by atoms with van der Waals surface area (Å²) in [5, 5.41) is 10.8. The first-order valence-electron chi connectivity index (χ1n) is 7.27. The predicted octanol–water partition coefficient (Wildman–Crippen LogP) is 3.47. The third kappa shape index (κ3) is 3.06. The third-order valence-corrected chi connectivity index (χ3v) is 4.15. The van der Waals surface area contributed by atoms with Gasteiger partial charge in [0.1, 0.15) is 12.1 Å². The molecule has 5 nitrogen and oxygen atoms in total. The van der Waals surface area contributed by atoms with Crippen LogP contribution in [-0.2, 0) is 11.3 Å². The molecule has 0 heterocycles. The molecule has 0 N–H and O–H groups in total. The average molecular weight is 314 g/mol. The minimum Gasteiger partial charge on any atom is -0.355 e. The van der Waals surface area contributed by atoms with Crippen molar-refractivity contribution in [3.05, 3.63) is 70.0 Å². The van der Waals surface area contributed by atoms with Crippen LogP contribution in [0.2, 0.25) is 0 Å². The lowest BCUT2D eigenvalue weighted by molar-refractivity contribution is -0.384. The molecule has 1 aliphatic carbocycles. The molecule has 0 bridgehead atoms. The molecule has 0 spiro atoms. The van der Waals surface area contributed by atoms with Crippen molar-refractivity contribution in [3.8, 4) is 0 Å². The molecule has 2 aromatic carbocycles. The maximum atomic E-state index is 13.0. The smallest absolute Gasteiger partial charge is 0.269 e. The zero-order valence-electron chi connectivity index (χ0n) is 12.3. The number of anilines is 1. The lowest BCUT2D eigenvalue weighted by atomic mass is 10.1. The van der Waals surface area contributed by atoms with Crippen LogP contribution in [0.5, 0.6) is 0 Å². The van der Waals surface area contributed by atoms with Crippen molar-refractivity contribution in [2.24, 2.45) is 0 Å². The van der Waals surface area contributed by atoms with E-state index in [1.807, 2.05) is 4.90 Å². The lowest BCUT2D eigenvalue weighted by Crippen LogP contribution is -2.38. The van der Waals surface area contributed by atoms with E-state index in [4.69, 9.17) is 0 Å². The van der Waals surface area contributed by atoms with Gasteiger partial charge in [-0.1, -0.05) is 12.1 Å². The molecular formula is C17H15FN2O3. The van der Waals surface area contributed by atoms with Crippen LogP contribution < -0.4 is 4.90 Å². The topological polar surface area (TPSA) is 63.5 Å². The number of rotatable bonds is 6. The van der Waals surface area contributed by atoms with E-state index in [2.05, 4.69) is 0 Å². The lowest BCUT2D eigenvalue weighted by Gasteiger charge is -2.30. The van der Waals surface area contributed by atoms with Gasteiger partial charge in [-0.25, -0.2) is 4.39 Å². The molecule has 1 fully saturated rings. The van der Waals surface area contributed by atoms with Gasteiger partial charge in [0.25, 0.3) is 5.69 Å². The quantitative estimate of drug-likeness (QED) is 0.465. The van der Waals surface area contributed by atoms with E-state index < -0.39 is 10.5 Å². The molecule has 0 radical (unpaired) electrons. The number of benzene rings is 2. The second-order valence-corrected chi connectivity index (χ2v) is 5.71. The first-order valence-corrected chi connectivity index (χ1v) is 7.27. The summed E-state index contributed by atoms with van der Waals surface area (Å²) in [7, 11) is 0. The number of non-ortho nitro benzene ring substituents is 1. The fourth-order valence-corrected chi connectivity index (χ4v) is 2.61. The fourth-order valence-electron chi connectivity index (χ4n) is 2.61. The van der Waals surface area contributed by atoms with Crippen LogP contribution in [0, 0.1) is 15.9 Å². The van der Waals surface area contributed by atoms with E-state index in [0.717, 1.165) is 30.4 Å². The Labute approximate surface area is 132 Å². The molecule has 0 unspecified atom stereocenters. The normalized spacial score (nSPS) is 15.0. The van der Waals surface area contributed by atoms with Gasteiger partial charge >= 0.3 is 0 Å². The number of hydrogen-bond acceptors (Lipinski definition) is 4. The molecule has 1 aliphatic rings. The Hall–Kier alpha value is -2.76. The number of nitro groups is 1. The third-order valence-electron chi connectivity index (χ3n) is 4.15. The van der Waals surface area contributed by atoms with Gasteiger partial charge in [-0.3, -0.25) is 10.1 Å². The van der Waals surface area contributed by atoms with Crippen molar-refractivity contribution >= 4 is 17.7 Å². The summed E-state index contributed by atoms with van der Waals surface area (Å²) in [6, 6.07) is 12.2. The van der Waals surface area contributed by atoms with E-state index in [1.165, 1.54) is 24.3 Å². The molecule has 3 rings (SSSR count). The second-order valence-electron chi connectivity index (χ2n) is 5.71. The van der Waals surface area contributed by atoms with Gasteiger partial charge in [-0.15, -0.1) is 0 Å². The number of aldehydes is 1. The number of carbonyl (C=O) groups excluding carboxylic acids is 1. The summed E-state index contributed by atoms with van der Waals surface area (Å²) in [5.41, 5.74) is 1.05. The molecule has 23 heavy (non-hydrogen) atoms. The summed E-state index contributed by atoms with van der Waals surface area (Å²) < 4.78 is 13.0. The highest BCUT2D eigenvalue weighted by atomic mass is 19.1. The fraction of sp³-hybridized carbons (Fsp3) is 0.235. The molecule has 0 amide bonds. The molecule has 2 aromatic rings. The number of nitrogens with zero attached hydrogens (tertiary/aromatic N) is 2. The highest BCUT2D eigenvalue weighted by Gasteiger charge is 2.48. The van der Waals surface area contributed by atoms with Gasteiger partial charge in [0.2, 0.25) is 0 Å².